The van der Waals surface area contributed by atoms with Crippen LogP contribution in [0.1, 0.15) is 50.2 Å². The van der Waals surface area contributed by atoms with Crippen LogP contribution < -0.4 is 0 Å². The van der Waals surface area contributed by atoms with Crippen LogP contribution in [0.25, 0.3) is 5.69 Å². The van der Waals surface area contributed by atoms with Crippen LogP contribution in [-0.4, -0.2) is 34.4 Å². The number of rotatable bonds is 7. The van der Waals surface area contributed by atoms with Crippen LogP contribution in [0.4, 0.5) is 0 Å². The first-order valence-electron chi connectivity index (χ1n) is 9.69. The van der Waals surface area contributed by atoms with Gasteiger partial charge in [-0.25, -0.2) is 9.59 Å². The number of aromatic carboxylic acids is 1. The summed E-state index contributed by atoms with van der Waals surface area (Å²) in [6.45, 7) is 6.65. The van der Waals surface area contributed by atoms with E-state index in [-0.39, 0.29) is 11.5 Å². The summed E-state index contributed by atoms with van der Waals surface area (Å²) in [6, 6.07) is 16.1. The maximum absolute atomic E-state index is 11.8. The Morgan fingerprint density at radius 2 is 1.67 bits per heavy atom. The lowest BCUT2D eigenvalue weighted by Crippen LogP contribution is -2.05. The van der Waals surface area contributed by atoms with Crippen LogP contribution in [-0.2, 0) is 11.3 Å². The number of aromatic nitrogens is 1. The normalized spacial score (nSPS) is 11.0. The highest BCUT2D eigenvalue weighted by Gasteiger charge is 2.11. The van der Waals surface area contributed by atoms with E-state index in [1.807, 2.05) is 32.2 Å². The summed E-state index contributed by atoms with van der Waals surface area (Å²) < 4.78 is 7.14. The minimum absolute atomic E-state index is 0.264. The standard InChI is InChI=1S/C24H24N2O4/c1-4-30-24(29)20-9-11-22(12-10-20)26-16(2)13-21(17(26)3)15-25-14-18-5-7-19(8-6-18)23(27)28/h5-13,15H,4,14H2,1-3H3,(H,27,28). The van der Waals surface area contributed by atoms with Crippen molar-refractivity contribution in [1.29, 1.82) is 0 Å². The number of aryl methyl sites for hydroxylation is 1. The van der Waals surface area contributed by atoms with Crippen molar-refractivity contribution in [3.63, 3.8) is 0 Å². The van der Waals surface area contributed by atoms with Crippen LogP contribution in [0, 0.1) is 13.8 Å². The quantitative estimate of drug-likeness (QED) is 0.461. The number of hydrogen-bond acceptors (Lipinski definition) is 4. The second kappa shape index (κ2) is 9.22. The summed E-state index contributed by atoms with van der Waals surface area (Å²) >= 11 is 0. The van der Waals surface area contributed by atoms with Gasteiger partial charge >= 0.3 is 11.9 Å². The minimum atomic E-state index is -0.937. The number of ether oxygens (including phenoxy) is 1. The lowest BCUT2D eigenvalue weighted by atomic mass is 10.1. The van der Waals surface area contributed by atoms with Gasteiger partial charge in [0.25, 0.3) is 0 Å². The van der Waals surface area contributed by atoms with Crippen molar-refractivity contribution < 1.29 is 19.4 Å². The molecule has 154 valence electrons. The third-order valence-electron chi connectivity index (χ3n) is 4.81. The number of carboxylic acid groups (broad SMARTS) is 1. The zero-order valence-electron chi connectivity index (χ0n) is 17.3. The Bertz CT molecular complexity index is 1080. The highest BCUT2D eigenvalue weighted by Crippen LogP contribution is 2.20. The van der Waals surface area contributed by atoms with E-state index in [2.05, 4.69) is 15.6 Å². The predicted molar refractivity (Wildman–Crippen MR) is 116 cm³/mol. The molecule has 0 atom stereocenters. The Hall–Kier alpha value is -3.67. The molecule has 2 aromatic carbocycles. The molecule has 1 heterocycles. The molecule has 0 radical (unpaired) electrons. The summed E-state index contributed by atoms with van der Waals surface area (Å²) in [5.74, 6) is -1.26. The summed E-state index contributed by atoms with van der Waals surface area (Å²) in [5, 5.41) is 8.96. The maximum Gasteiger partial charge on any atom is 0.338 e. The van der Waals surface area contributed by atoms with Crippen molar-refractivity contribution in [3.8, 4) is 5.69 Å². The van der Waals surface area contributed by atoms with Crippen LogP contribution >= 0.6 is 0 Å². The van der Waals surface area contributed by atoms with E-state index >= 15 is 0 Å². The van der Waals surface area contributed by atoms with E-state index in [1.54, 1.807) is 43.3 Å². The first-order valence-corrected chi connectivity index (χ1v) is 9.69. The van der Waals surface area contributed by atoms with Crippen molar-refractivity contribution in [3.05, 3.63) is 88.2 Å². The average Bonchev–Trinajstić information content (AvgIpc) is 3.02. The number of carbonyl (C=O) groups is 2. The van der Waals surface area contributed by atoms with Gasteiger partial charge in [-0.15, -0.1) is 0 Å². The summed E-state index contributed by atoms with van der Waals surface area (Å²) in [5.41, 5.74) is 5.80. The molecule has 6 nitrogen and oxygen atoms in total. The number of esters is 1. The average molecular weight is 404 g/mol. The first kappa shape index (κ1) is 21.0. The van der Waals surface area contributed by atoms with Crippen molar-refractivity contribution in [1.82, 2.24) is 4.57 Å². The minimum Gasteiger partial charge on any atom is -0.478 e. The van der Waals surface area contributed by atoms with Crippen molar-refractivity contribution >= 4 is 18.2 Å². The van der Waals surface area contributed by atoms with Gasteiger partial charge in [-0.3, -0.25) is 4.99 Å². The molecule has 30 heavy (non-hydrogen) atoms. The third-order valence-corrected chi connectivity index (χ3v) is 4.81. The van der Waals surface area contributed by atoms with Crippen LogP contribution in [0.2, 0.25) is 0 Å². The molecular formula is C24H24N2O4. The largest absolute Gasteiger partial charge is 0.478 e. The molecule has 0 saturated heterocycles. The summed E-state index contributed by atoms with van der Waals surface area (Å²) in [7, 11) is 0. The molecule has 0 bridgehead atoms. The van der Waals surface area contributed by atoms with E-state index in [0.29, 0.717) is 18.7 Å². The molecule has 0 aliphatic heterocycles. The van der Waals surface area contributed by atoms with Gasteiger partial charge in [0.15, 0.2) is 0 Å². The van der Waals surface area contributed by atoms with Gasteiger partial charge < -0.3 is 14.4 Å². The Kier molecular flexibility index (Phi) is 6.47. The molecule has 0 aliphatic carbocycles. The second-order valence-corrected chi connectivity index (χ2v) is 6.90. The van der Waals surface area contributed by atoms with Crippen LogP contribution in [0.15, 0.2) is 59.6 Å². The van der Waals surface area contributed by atoms with Gasteiger partial charge in [0.1, 0.15) is 0 Å². The fourth-order valence-corrected chi connectivity index (χ4v) is 3.28. The van der Waals surface area contributed by atoms with Crippen LogP contribution in [0.5, 0.6) is 0 Å². The zero-order chi connectivity index (χ0) is 21.7. The second-order valence-electron chi connectivity index (χ2n) is 6.90. The predicted octanol–water partition coefficient (Wildman–Crippen LogP) is 4.59. The number of benzene rings is 2. The molecule has 1 aromatic heterocycles. The number of hydrogen-bond donors (Lipinski definition) is 1. The number of carboxylic acids is 1. The smallest absolute Gasteiger partial charge is 0.338 e. The van der Waals surface area contributed by atoms with Crippen molar-refractivity contribution in [2.45, 2.75) is 27.3 Å². The SMILES string of the molecule is CCOC(=O)c1ccc(-n2c(C)cc(C=NCc3ccc(C(=O)O)cc3)c2C)cc1. The highest BCUT2D eigenvalue weighted by atomic mass is 16.5. The molecule has 1 N–H and O–H groups in total. The van der Waals surface area contributed by atoms with Crippen LogP contribution in [0.3, 0.4) is 0 Å². The van der Waals surface area contributed by atoms with Gasteiger partial charge in [0, 0.05) is 28.9 Å². The molecule has 0 saturated carbocycles. The fraction of sp³-hybridized carbons (Fsp3) is 0.208. The monoisotopic (exact) mass is 404 g/mol. The lowest BCUT2D eigenvalue weighted by Gasteiger charge is -2.10. The topological polar surface area (TPSA) is 80.9 Å². The number of carbonyl (C=O) groups excluding carboxylic acids is 1. The van der Waals surface area contributed by atoms with Crippen molar-refractivity contribution in [2.75, 3.05) is 6.61 Å². The summed E-state index contributed by atoms with van der Waals surface area (Å²) in [6.07, 6.45) is 1.83. The Labute approximate surface area is 175 Å². The summed E-state index contributed by atoms with van der Waals surface area (Å²) in [4.78, 5) is 27.3. The molecule has 6 heteroatoms. The Morgan fingerprint density at radius 1 is 1.03 bits per heavy atom. The number of aliphatic imine (C=N–C) groups is 1. The molecule has 0 aliphatic rings. The third kappa shape index (κ3) is 4.66. The number of nitrogens with zero attached hydrogens (tertiary/aromatic N) is 2. The van der Waals surface area contributed by atoms with E-state index in [0.717, 1.165) is 28.2 Å². The molecule has 3 rings (SSSR count). The first-order chi connectivity index (χ1) is 14.4. The van der Waals surface area contributed by atoms with E-state index < -0.39 is 5.97 Å². The molecule has 0 amide bonds. The van der Waals surface area contributed by atoms with Gasteiger partial charge in [-0.2, -0.15) is 0 Å². The van der Waals surface area contributed by atoms with E-state index in [4.69, 9.17) is 9.84 Å². The Balaban J connectivity index is 1.76. The van der Waals surface area contributed by atoms with Crippen molar-refractivity contribution in [2.24, 2.45) is 4.99 Å². The molecule has 0 fully saturated rings. The van der Waals surface area contributed by atoms with Gasteiger partial charge in [-0.1, -0.05) is 12.1 Å². The molecule has 0 unspecified atom stereocenters. The van der Waals surface area contributed by atoms with E-state index in [9.17, 15) is 9.59 Å². The molecule has 0 spiro atoms. The van der Waals surface area contributed by atoms with Gasteiger partial charge in [0.2, 0.25) is 0 Å². The fourth-order valence-electron chi connectivity index (χ4n) is 3.28. The molecular weight excluding hydrogens is 380 g/mol. The lowest BCUT2D eigenvalue weighted by molar-refractivity contribution is 0.0526. The highest BCUT2D eigenvalue weighted by molar-refractivity contribution is 5.89. The van der Waals surface area contributed by atoms with Gasteiger partial charge in [-0.05, 0) is 68.8 Å². The van der Waals surface area contributed by atoms with E-state index in [1.165, 1.54) is 0 Å². The molecule has 3 aromatic rings. The zero-order valence-corrected chi connectivity index (χ0v) is 17.3. The Morgan fingerprint density at radius 3 is 2.27 bits per heavy atom. The maximum atomic E-state index is 11.8. The van der Waals surface area contributed by atoms with Gasteiger partial charge in [0.05, 0.1) is 24.3 Å².